The van der Waals surface area contributed by atoms with E-state index in [1.165, 1.54) is 20.3 Å². The topological polar surface area (TPSA) is 109 Å². The molecule has 2 rings (SSSR count). The van der Waals surface area contributed by atoms with Crippen molar-refractivity contribution in [2.75, 3.05) is 20.8 Å². The normalized spacial score (nSPS) is 11.7. The molecule has 0 aliphatic heterocycles. The van der Waals surface area contributed by atoms with Crippen molar-refractivity contribution >= 4 is 12.2 Å². The predicted molar refractivity (Wildman–Crippen MR) is 98.6 cm³/mol. The number of phenols is 2. The van der Waals surface area contributed by atoms with Gasteiger partial charge in [0.05, 0.1) is 14.2 Å². The van der Waals surface area contributed by atoms with Gasteiger partial charge in [-0.3, -0.25) is 0 Å². The molecule has 0 aromatic heterocycles. The Kier molecular flexibility index (Phi) is 8.05. The van der Waals surface area contributed by atoms with Crippen LogP contribution in [0.15, 0.2) is 47.7 Å². The maximum absolute atomic E-state index is 10.2. The second-order valence-electron chi connectivity index (χ2n) is 5.23. The summed E-state index contributed by atoms with van der Waals surface area (Å²) in [4.78, 5) is 0. The van der Waals surface area contributed by atoms with E-state index < -0.39 is 0 Å². The smallest absolute Gasteiger partial charge is 0.165 e. The molecule has 0 unspecified atom stereocenters. The van der Waals surface area contributed by atoms with Gasteiger partial charge in [0.25, 0.3) is 0 Å². The van der Waals surface area contributed by atoms with Gasteiger partial charge in [-0.05, 0) is 23.8 Å². The molecule has 0 fully saturated rings. The second-order valence-corrected chi connectivity index (χ2v) is 5.23. The van der Waals surface area contributed by atoms with Crippen LogP contribution in [0.1, 0.15) is 11.1 Å². The Morgan fingerprint density at radius 3 is 1.85 bits per heavy atom. The molecule has 0 saturated heterocycles. The molecule has 26 heavy (non-hydrogen) atoms. The molecule has 7 heteroatoms. The van der Waals surface area contributed by atoms with Crippen molar-refractivity contribution in [1.82, 2.24) is 0 Å². The number of para-hydroxylation sites is 2. The Hall–Kier alpha value is -2.61. The molecule has 6 nitrogen and oxygen atoms in total. The summed E-state index contributed by atoms with van der Waals surface area (Å²) in [5, 5.41) is 20.3. The largest absolute Gasteiger partial charge is 0.698 e. The number of rotatable bonds is 6. The number of benzene rings is 2. The van der Waals surface area contributed by atoms with E-state index in [2.05, 4.69) is 0 Å². The first-order chi connectivity index (χ1) is 12.0. The van der Waals surface area contributed by atoms with Gasteiger partial charge >= 0.3 is 0 Å². The van der Waals surface area contributed by atoms with Gasteiger partial charge in [-0.2, -0.15) is 0 Å². The molecule has 0 bridgehead atoms. The van der Waals surface area contributed by atoms with Crippen molar-refractivity contribution in [3.63, 3.8) is 0 Å². The zero-order valence-electron chi connectivity index (χ0n) is 14.4. The van der Waals surface area contributed by atoms with Gasteiger partial charge in [0, 0.05) is 34.5 Å². The van der Waals surface area contributed by atoms with Crippen molar-refractivity contribution in [3.8, 4) is 23.0 Å². The van der Waals surface area contributed by atoms with E-state index in [9.17, 15) is 10.2 Å². The number of nitrogens with one attached hydrogen (secondary N) is 1. The Balaban J connectivity index is 0.00000338. The van der Waals surface area contributed by atoms with Gasteiger partial charge in [0.1, 0.15) is 0 Å². The van der Waals surface area contributed by atoms with Crippen molar-refractivity contribution in [1.29, 1.82) is 0 Å². The van der Waals surface area contributed by atoms with Crippen LogP contribution in [-0.2, 0) is 16.8 Å². The van der Waals surface area contributed by atoms with E-state index in [0.717, 1.165) is 0 Å². The minimum absolute atomic E-state index is 0. The molecule has 141 valence electrons. The SMILES string of the molecule is COc1cccc(C=C([NH-])C(=Cc2cccc(OC)c2O)CN)c1O.[Co]. The fourth-order valence-electron chi connectivity index (χ4n) is 2.32. The van der Waals surface area contributed by atoms with Gasteiger partial charge in [-0.25, -0.2) is 0 Å². The zero-order chi connectivity index (χ0) is 18.4. The predicted octanol–water partition coefficient (Wildman–Crippen LogP) is 3.55. The summed E-state index contributed by atoms with van der Waals surface area (Å²) >= 11 is 0. The molecule has 0 spiro atoms. The summed E-state index contributed by atoms with van der Waals surface area (Å²) in [6.45, 7) is 0.0940. The number of aromatic hydroxyl groups is 2. The van der Waals surface area contributed by atoms with Crippen LogP contribution < -0.4 is 15.2 Å². The van der Waals surface area contributed by atoms with Crippen LogP contribution >= 0.6 is 0 Å². The van der Waals surface area contributed by atoms with Gasteiger partial charge in [-0.1, -0.05) is 30.3 Å². The fourth-order valence-corrected chi connectivity index (χ4v) is 2.32. The maximum Gasteiger partial charge on any atom is 0.165 e. The van der Waals surface area contributed by atoms with E-state index >= 15 is 0 Å². The van der Waals surface area contributed by atoms with Crippen LogP contribution in [0.3, 0.4) is 0 Å². The third-order valence-corrected chi connectivity index (χ3v) is 3.70. The van der Waals surface area contributed by atoms with Gasteiger partial charge < -0.3 is 31.2 Å². The van der Waals surface area contributed by atoms with E-state index in [1.54, 1.807) is 42.5 Å². The molecular weight excluding hydrogens is 379 g/mol. The Labute approximate surface area is 162 Å². The van der Waals surface area contributed by atoms with Crippen LogP contribution in [0.2, 0.25) is 0 Å². The first kappa shape index (κ1) is 21.4. The summed E-state index contributed by atoms with van der Waals surface area (Å²) in [6, 6.07) is 10.1. The first-order valence-corrected chi connectivity index (χ1v) is 7.58. The van der Waals surface area contributed by atoms with Crippen molar-refractivity contribution in [2.45, 2.75) is 0 Å². The average molecular weight is 400 g/mol. The van der Waals surface area contributed by atoms with Crippen LogP contribution in [0.25, 0.3) is 17.9 Å². The number of phenolic OH excluding ortho intramolecular Hbond substituents is 2. The number of hydrogen-bond acceptors (Lipinski definition) is 5. The van der Waals surface area contributed by atoms with E-state index in [0.29, 0.717) is 28.2 Å². The second kappa shape index (κ2) is 9.76. The van der Waals surface area contributed by atoms with Gasteiger partial charge in [-0.15, -0.1) is 5.70 Å². The number of hydrogen-bond donors (Lipinski definition) is 3. The Morgan fingerprint density at radius 1 is 0.962 bits per heavy atom. The van der Waals surface area contributed by atoms with Gasteiger partial charge in [0.2, 0.25) is 0 Å². The molecular formula is C19H21CoN2O4-. The van der Waals surface area contributed by atoms with Gasteiger partial charge in [0.15, 0.2) is 23.0 Å². The van der Waals surface area contributed by atoms with Crippen molar-refractivity contribution < 1.29 is 36.5 Å². The fraction of sp³-hybridized carbons (Fsp3) is 0.158. The maximum atomic E-state index is 10.2. The number of ether oxygens (including phenoxy) is 2. The monoisotopic (exact) mass is 400 g/mol. The summed E-state index contributed by atoms with van der Waals surface area (Å²) in [5.74, 6) is 0.597. The standard InChI is InChI=1S/C19H21N2O4.Co/c1-24-16-7-3-5-12(18(16)22)9-14(11-20)15(21)10-13-6-4-8-17(25-2)19(13)23;/h3-10,21-23H,11,20H2,1-2H3;/q-1;. The molecule has 5 N–H and O–H groups in total. The number of methoxy groups -OCH3 is 2. The number of nitrogens with two attached hydrogens (primary N) is 1. The molecule has 2 aromatic carbocycles. The Morgan fingerprint density at radius 2 is 1.42 bits per heavy atom. The van der Waals surface area contributed by atoms with Crippen LogP contribution in [0, 0.1) is 0 Å². The van der Waals surface area contributed by atoms with Crippen molar-refractivity contribution in [2.24, 2.45) is 5.73 Å². The zero-order valence-corrected chi connectivity index (χ0v) is 15.5. The van der Waals surface area contributed by atoms with Crippen LogP contribution in [0.4, 0.5) is 0 Å². The van der Waals surface area contributed by atoms with E-state index in [-0.39, 0.29) is 40.5 Å². The molecule has 0 saturated carbocycles. The third kappa shape index (κ3) is 4.72. The summed E-state index contributed by atoms with van der Waals surface area (Å²) < 4.78 is 10.1. The minimum atomic E-state index is -0.0460. The van der Waals surface area contributed by atoms with E-state index in [1.807, 2.05) is 0 Å². The third-order valence-electron chi connectivity index (χ3n) is 3.70. The molecule has 1 radical (unpaired) electrons. The molecule has 0 aliphatic rings. The average Bonchev–Trinajstić information content (AvgIpc) is 2.62. The quantitative estimate of drug-likeness (QED) is 0.643. The minimum Gasteiger partial charge on any atom is -0.698 e. The molecule has 0 aliphatic carbocycles. The van der Waals surface area contributed by atoms with E-state index in [4.69, 9.17) is 20.9 Å². The molecule has 0 atom stereocenters. The first-order valence-electron chi connectivity index (χ1n) is 7.58. The van der Waals surface area contributed by atoms with Crippen LogP contribution in [-0.4, -0.2) is 31.0 Å². The summed E-state index contributed by atoms with van der Waals surface area (Å²) in [7, 11) is 2.93. The molecule has 0 amide bonds. The molecule has 0 heterocycles. The van der Waals surface area contributed by atoms with Crippen molar-refractivity contribution in [3.05, 3.63) is 64.5 Å². The summed E-state index contributed by atoms with van der Waals surface area (Å²) in [6.07, 6.45) is 3.11. The Bertz CT molecular complexity index is 819. The summed E-state index contributed by atoms with van der Waals surface area (Å²) in [5.41, 5.74) is 15.6. The van der Waals surface area contributed by atoms with Crippen LogP contribution in [0.5, 0.6) is 23.0 Å². The molecule has 2 aromatic rings.